The van der Waals surface area contributed by atoms with Gasteiger partial charge >= 0.3 is 0 Å². The third kappa shape index (κ3) is 5.63. The molecule has 4 nitrogen and oxygen atoms in total. The molecule has 0 amide bonds. The first-order chi connectivity index (χ1) is 9.81. The van der Waals surface area contributed by atoms with Crippen LogP contribution in [0.2, 0.25) is 0 Å². The molecule has 1 rings (SSSR count). The Kier molecular flexibility index (Phi) is 7.84. The summed E-state index contributed by atoms with van der Waals surface area (Å²) in [6.45, 7) is 4.37. The first-order valence-corrected chi connectivity index (χ1v) is 9.95. The van der Waals surface area contributed by atoms with Crippen molar-refractivity contribution in [1.29, 1.82) is 0 Å². The molecule has 0 saturated heterocycles. The Bertz CT molecular complexity index is 570. The van der Waals surface area contributed by atoms with Crippen molar-refractivity contribution in [3.05, 3.63) is 26.6 Å². The SMILES string of the molecule is CCCC(CCO)CNS(=O)(=O)c1cc(Br)c(C)cc1Br. The second-order valence-corrected chi connectivity index (χ2v) is 8.49. The highest BCUT2D eigenvalue weighted by Crippen LogP contribution is 2.28. The fourth-order valence-electron chi connectivity index (χ4n) is 2.08. The molecule has 0 aliphatic rings. The van der Waals surface area contributed by atoms with Crippen LogP contribution in [0.1, 0.15) is 31.7 Å². The van der Waals surface area contributed by atoms with Gasteiger partial charge < -0.3 is 5.11 Å². The van der Waals surface area contributed by atoms with Crippen molar-refractivity contribution in [3.8, 4) is 0 Å². The lowest BCUT2D eigenvalue weighted by molar-refractivity contribution is 0.251. The third-order valence-corrected chi connectivity index (χ3v) is 6.54. The van der Waals surface area contributed by atoms with Gasteiger partial charge in [0.2, 0.25) is 10.0 Å². The summed E-state index contributed by atoms with van der Waals surface area (Å²) in [6, 6.07) is 3.37. The van der Waals surface area contributed by atoms with Crippen LogP contribution in [0, 0.1) is 12.8 Å². The molecule has 0 aliphatic heterocycles. The van der Waals surface area contributed by atoms with Gasteiger partial charge in [-0.1, -0.05) is 29.3 Å². The predicted octanol–water partition coefficient (Wildman–Crippen LogP) is 3.60. The number of benzene rings is 1. The van der Waals surface area contributed by atoms with E-state index in [0.29, 0.717) is 17.4 Å². The zero-order chi connectivity index (χ0) is 16.0. The van der Waals surface area contributed by atoms with Crippen LogP contribution in [0.5, 0.6) is 0 Å². The molecule has 0 spiro atoms. The van der Waals surface area contributed by atoms with Gasteiger partial charge in [-0.3, -0.25) is 0 Å². The maximum Gasteiger partial charge on any atom is 0.241 e. The van der Waals surface area contributed by atoms with Crippen LogP contribution in [0.15, 0.2) is 26.0 Å². The van der Waals surface area contributed by atoms with Crippen LogP contribution < -0.4 is 4.72 Å². The Morgan fingerprint density at radius 2 is 1.90 bits per heavy atom. The van der Waals surface area contributed by atoms with Crippen molar-refractivity contribution >= 4 is 41.9 Å². The van der Waals surface area contributed by atoms with E-state index in [4.69, 9.17) is 5.11 Å². The average molecular weight is 443 g/mol. The summed E-state index contributed by atoms with van der Waals surface area (Å²) in [7, 11) is -3.57. The van der Waals surface area contributed by atoms with Crippen molar-refractivity contribution in [3.63, 3.8) is 0 Å². The molecule has 2 N–H and O–H groups in total. The number of nitrogens with one attached hydrogen (secondary N) is 1. The number of aliphatic hydroxyl groups excluding tert-OH is 1. The number of hydrogen-bond donors (Lipinski definition) is 2. The van der Waals surface area contributed by atoms with Gasteiger partial charge in [0.05, 0.1) is 4.90 Å². The number of aryl methyl sites for hydroxylation is 1. The zero-order valence-corrected chi connectivity index (χ0v) is 16.2. The Balaban J connectivity index is 2.89. The van der Waals surface area contributed by atoms with E-state index in [1.54, 1.807) is 12.1 Å². The molecule has 0 radical (unpaired) electrons. The fourth-order valence-corrected chi connectivity index (χ4v) is 4.87. The first kappa shape index (κ1) is 19.1. The van der Waals surface area contributed by atoms with E-state index >= 15 is 0 Å². The van der Waals surface area contributed by atoms with Gasteiger partial charge in [-0.25, -0.2) is 13.1 Å². The van der Waals surface area contributed by atoms with Crippen molar-refractivity contribution in [2.24, 2.45) is 5.92 Å². The highest BCUT2D eigenvalue weighted by Gasteiger charge is 2.20. The predicted molar refractivity (Wildman–Crippen MR) is 91.9 cm³/mol. The molecule has 7 heteroatoms. The summed E-state index contributed by atoms with van der Waals surface area (Å²) in [5.74, 6) is 0.155. The first-order valence-electron chi connectivity index (χ1n) is 6.88. The maximum absolute atomic E-state index is 12.4. The van der Waals surface area contributed by atoms with Crippen molar-refractivity contribution < 1.29 is 13.5 Å². The number of halogens is 2. The molecule has 1 aromatic carbocycles. The van der Waals surface area contributed by atoms with Crippen molar-refractivity contribution in [2.75, 3.05) is 13.2 Å². The summed E-state index contributed by atoms with van der Waals surface area (Å²) in [5.41, 5.74) is 0.963. The van der Waals surface area contributed by atoms with Crippen LogP contribution in [-0.2, 0) is 10.0 Å². The van der Waals surface area contributed by atoms with E-state index < -0.39 is 10.0 Å². The molecule has 0 fully saturated rings. The van der Waals surface area contributed by atoms with E-state index in [9.17, 15) is 8.42 Å². The van der Waals surface area contributed by atoms with Crippen LogP contribution >= 0.6 is 31.9 Å². The van der Waals surface area contributed by atoms with E-state index in [0.717, 1.165) is 22.9 Å². The van der Waals surface area contributed by atoms with Crippen LogP contribution in [0.25, 0.3) is 0 Å². The molecule has 0 heterocycles. The fraction of sp³-hybridized carbons (Fsp3) is 0.571. The largest absolute Gasteiger partial charge is 0.396 e. The Morgan fingerprint density at radius 1 is 1.24 bits per heavy atom. The normalized spacial score (nSPS) is 13.4. The molecule has 0 aliphatic carbocycles. The second-order valence-electron chi connectivity index (χ2n) is 5.05. The number of rotatable bonds is 8. The molecule has 0 aromatic heterocycles. The minimum Gasteiger partial charge on any atom is -0.396 e. The van der Waals surface area contributed by atoms with Gasteiger partial charge in [0, 0.05) is 22.1 Å². The Morgan fingerprint density at radius 3 is 2.48 bits per heavy atom. The molecular formula is C14H21Br2NO3S. The van der Waals surface area contributed by atoms with E-state index in [1.807, 2.05) is 13.8 Å². The average Bonchev–Trinajstić information content (AvgIpc) is 2.40. The zero-order valence-electron chi connectivity index (χ0n) is 12.2. The highest BCUT2D eigenvalue weighted by atomic mass is 79.9. The number of hydrogen-bond acceptors (Lipinski definition) is 3. The smallest absolute Gasteiger partial charge is 0.241 e. The van der Waals surface area contributed by atoms with Gasteiger partial charge in [-0.15, -0.1) is 0 Å². The van der Waals surface area contributed by atoms with E-state index in [-0.39, 0.29) is 17.4 Å². The second kappa shape index (κ2) is 8.62. The molecular weight excluding hydrogens is 422 g/mol. The molecule has 0 saturated carbocycles. The minimum atomic E-state index is -3.57. The lowest BCUT2D eigenvalue weighted by Crippen LogP contribution is -2.30. The standard InChI is InChI=1S/C14H21Br2NO3S/c1-3-4-11(5-6-18)9-17-21(19,20)14-8-12(15)10(2)7-13(14)16/h7-8,11,17-18H,3-6,9H2,1-2H3. The maximum atomic E-state index is 12.4. The summed E-state index contributed by atoms with van der Waals surface area (Å²) >= 11 is 6.66. The van der Waals surface area contributed by atoms with Gasteiger partial charge in [-0.05, 0) is 59.3 Å². The summed E-state index contributed by atoms with van der Waals surface area (Å²) in [6.07, 6.45) is 2.46. The van der Waals surface area contributed by atoms with Crippen LogP contribution in [0.3, 0.4) is 0 Å². The van der Waals surface area contributed by atoms with Gasteiger partial charge in [0.25, 0.3) is 0 Å². The van der Waals surface area contributed by atoms with E-state index in [1.165, 1.54) is 0 Å². The van der Waals surface area contributed by atoms with Crippen LogP contribution in [-0.4, -0.2) is 26.7 Å². The van der Waals surface area contributed by atoms with E-state index in [2.05, 4.69) is 36.6 Å². The quantitative estimate of drug-likeness (QED) is 0.646. The molecule has 1 unspecified atom stereocenters. The van der Waals surface area contributed by atoms with Gasteiger partial charge in [-0.2, -0.15) is 0 Å². The third-order valence-electron chi connectivity index (χ3n) is 3.30. The van der Waals surface area contributed by atoms with Crippen molar-refractivity contribution in [1.82, 2.24) is 4.72 Å². The number of aliphatic hydroxyl groups is 1. The topological polar surface area (TPSA) is 66.4 Å². The lowest BCUT2D eigenvalue weighted by atomic mass is 10.0. The summed E-state index contributed by atoms with van der Waals surface area (Å²) < 4.78 is 28.8. The highest BCUT2D eigenvalue weighted by molar-refractivity contribution is 9.11. The molecule has 0 bridgehead atoms. The summed E-state index contributed by atoms with van der Waals surface area (Å²) in [5, 5.41) is 9.03. The van der Waals surface area contributed by atoms with Gasteiger partial charge in [0.1, 0.15) is 0 Å². The lowest BCUT2D eigenvalue weighted by Gasteiger charge is -2.16. The minimum absolute atomic E-state index is 0.0756. The van der Waals surface area contributed by atoms with Crippen LogP contribution in [0.4, 0.5) is 0 Å². The number of sulfonamides is 1. The molecule has 1 atom stereocenters. The Hall–Kier alpha value is 0.0500. The molecule has 120 valence electrons. The molecule has 21 heavy (non-hydrogen) atoms. The summed E-state index contributed by atoms with van der Waals surface area (Å²) in [4.78, 5) is 0.222. The monoisotopic (exact) mass is 441 g/mol. The van der Waals surface area contributed by atoms with Crippen molar-refractivity contribution in [2.45, 2.75) is 38.0 Å². The molecule has 1 aromatic rings. The Labute approximate surface area is 143 Å². The van der Waals surface area contributed by atoms with Gasteiger partial charge in [0.15, 0.2) is 0 Å².